The molecular formula is C16H13FN2O. The van der Waals surface area contributed by atoms with Crippen molar-refractivity contribution in [1.82, 2.24) is 9.55 Å². The van der Waals surface area contributed by atoms with Gasteiger partial charge in [-0.3, -0.25) is 4.79 Å². The Morgan fingerprint density at radius 2 is 2.20 bits per heavy atom. The Hall–Kier alpha value is -2.49. The molecule has 0 unspecified atom stereocenters. The van der Waals surface area contributed by atoms with Gasteiger partial charge in [-0.05, 0) is 42.3 Å². The molecule has 3 rings (SSSR count). The van der Waals surface area contributed by atoms with Gasteiger partial charge >= 0.3 is 0 Å². The van der Waals surface area contributed by atoms with Crippen molar-refractivity contribution in [3.05, 3.63) is 65.2 Å². The normalized spacial score (nSPS) is 10.9. The van der Waals surface area contributed by atoms with Crippen LogP contribution in [-0.2, 0) is 6.54 Å². The van der Waals surface area contributed by atoms with E-state index in [1.54, 1.807) is 18.5 Å². The highest BCUT2D eigenvalue weighted by Crippen LogP contribution is 2.20. The van der Waals surface area contributed by atoms with Crippen molar-refractivity contribution in [3.63, 3.8) is 0 Å². The van der Waals surface area contributed by atoms with Crippen molar-refractivity contribution in [2.75, 3.05) is 0 Å². The Labute approximate surface area is 115 Å². The summed E-state index contributed by atoms with van der Waals surface area (Å²) in [6.45, 7) is 2.44. The first-order valence-corrected chi connectivity index (χ1v) is 6.33. The summed E-state index contributed by atoms with van der Waals surface area (Å²) in [5.41, 5.74) is 3.27. The first-order valence-electron chi connectivity index (χ1n) is 6.33. The molecule has 0 aliphatic heterocycles. The van der Waals surface area contributed by atoms with Gasteiger partial charge in [-0.1, -0.05) is 6.07 Å². The minimum atomic E-state index is -0.240. The smallest absolute Gasteiger partial charge is 0.152 e. The van der Waals surface area contributed by atoms with Gasteiger partial charge in [0.1, 0.15) is 11.5 Å². The number of aldehydes is 1. The quantitative estimate of drug-likeness (QED) is 0.683. The molecule has 2 aromatic heterocycles. The number of pyridine rings is 1. The zero-order chi connectivity index (χ0) is 14.1. The second kappa shape index (κ2) is 4.89. The van der Waals surface area contributed by atoms with E-state index < -0.39 is 0 Å². The zero-order valence-electron chi connectivity index (χ0n) is 11.0. The van der Waals surface area contributed by atoms with Crippen LogP contribution in [0.4, 0.5) is 4.39 Å². The number of hydrogen-bond acceptors (Lipinski definition) is 2. The lowest BCUT2D eigenvalue weighted by molar-refractivity contribution is 0.112. The molecule has 0 amide bonds. The van der Waals surface area contributed by atoms with Crippen LogP contribution in [0.3, 0.4) is 0 Å². The molecule has 0 aliphatic carbocycles. The predicted octanol–water partition coefficient (Wildman–Crippen LogP) is 3.34. The summed E-state index contributed by atoms with van der Waals surface area (Å²) in [6.07, 6.45) is 4.32. The molecule has 0 saturated heterocycles. The molecule has 0 bridgehead atoms. The van der Waals surface area contributed by atoms with Gasteiger partial charge < -0.3 is 4.57 Å². The van der Waals surface area contributed by atoms with Gasteiger partial charge in [0.05, 0.1) is 0 Å². The van der Waals surface area contributed by atoms with Crippen LogP contribution in [0.25, 0.3) is 11.0 Å². The minimum Gasteiger partial charge on any atom is -0.327 e. The standard InChI is InChI=1S/C16H13FN2O/c1-11-7-14(17)5-4-12(11)8-19-9-13(10-20)15-3-2-6-18-16(15)19/h2-7,9-10H,8H2,1H3. The molecule has 3 aromatic rings. The first kappa shape index (κ1) is 12.5. The molecule has 0 fully saturated rings. The minimum absolute atomic E-state index is 0.240. The maximum Gasteiger partial charge on any atom is 0.152 e. The van der Waals surface area contributed by atoms with Gasteiger partial charge in [0.15, 0.2) is 6.29 Å². The monoisotopic (exact) mass is 268 g/mol. The summed E-state index contributed by atoms with van der Waals surface area (Å²) in [7, 11) is 0. The van der Waals surface area contributed by atoms with E-state index in [-0.39, 0.29) is 5.82 Å². The lowest BCUT2D eigenvalue weighted by Gasteiger charge is -2.08. The van der Waals surface area contributed by atoms with E-state index in [9.17, 15) is 9.18 Å². The van der Waals surface area contributed by atoms with Crippen LogP contribution < -0.4 is 0 Å². The van der Waals surface area contributed by atoms with E-state index in [1.165, 1.54) is 12.1 Å². The summed E-state index contributed by atoms with van der Waals surface area (Å²) in [5.74, 6) is -0.240. The third-order valence-corrected chi connectivity index (χ3v) is 3.44. The van der Waals surface area contributed by atoms with Crippen molar-refractivity contribution in [2.24, 2.45) is 0 Å². The number of aromatic nitrogens is 2. The van der Waals surface area contributed by atoms with Crippen LogP contribution in [-0.4, -0.2) is 15.8 Å². The lowest BCUT2D eigenvalue weighted by Crippen LogP contribution is -2.01. The van der Waals surface area contributed by atoms with Crippen molar-refractivity contribution >= 4 is 17.3 Å². The predicted molar refractivity (Wildman–Crippen MR) is 75.4 cm³/mol. The summed E-state index contributed by atoms with van der Waals surface area (Å²) in [6, 6.07) is 8.40. The number of rotatable bonds is 3. The fraction of sp³-hybridized carbons (Fsp3) is 0.125. The number of carbonyl (C=O) groups excluding carboxylic acids is 1. The number of halogens is 1. The SMILES string of the molecule is Cc1cc(F)ccc1Cn1cc(C=O)c2cccnc21. The van der Waals surface area contributed by atoms with Crippen LogP contribution in [0.5, 0.6) is 0 Å². The Morgan fingerprint density at radius 3 is 2.95 bits per heavy atom. The number of hydrogen-bond donors (Lipinski definition) is 0. The van der Waals surface area contributed by atoms with Crippen LogP contribution in [0.2, 0.25) is 0 Å². The molecule has 100 valence electrons. The molecule has 20 heavy (non-hydrogen) atoms. The van der Waals surface area contributed by atoms with Crippen molar-refractivity contribution in [1.29, 1.82) is 0 Å². The third kappa shape index (κ3) is 2.09. The number of nitrogens with zero attached hydrogens (tertiary/aromatic N) is 2. The molecule has 0 saturated carbocycles. The number of benzene rings is 1. The fourth-order valence-corrected chi connectivity index (χ4v) is 2.38. The molecule has 2 heterocycles. The molecule has 0 atom stereocenters. The lowest BCUT2D eigenvalue weighted by atomic mass is 10.1. The average Bonchev–Trinajstić information content (AvgIpc) is 2.80. The summed E-state index contributed by atoms with van der Waals surface area (Å²) < 4.78 is 15.0. The van der Waals surface area contributed by atoms with Crippen molar-refractivity contribution < 1.29 is 9.18 Å². The molecule has 0 aliphatic rings. The molecule has 3 nitrogen and oxygen atoms in total. The van der Waals surface area contributed by atoms with E-state index in [2.05, 4.69) is 4.98 Å². The molecule has 0 spiro atoms. The third-order valence-electron chi connectivity index (χ3n) is 3.44. The number of carbonyl (C=O) groups is 1. The first-order chi connectivity index (χ1) is 9.69. The Morgan fingerprint density at radius 1 is 1.35 bits per heavy atom. The van der Waals surface area contributed by atoms with Crippen molar-refractivity contribution in [2.45, 2.75) is 13.5 Å². The highest BCUT2D eigenvalue weighted by Gasteiger charge is 2.10. The van der Waals surface area contributed by atoms with Gasteiger partial charge in [0, 0.05) is 29.9 Å². The topological polar surface area (TPSA) is 34.9 Å². The molecular weight excluding hydrogens is 255 g/mol. The Kier molecular flexibility index (Phi) is 3.06. The van der Waals surface area contributed by atoms with E-state index in [1.807, 2.05) is 23.6 Å². The van der Waals surface area contributed by atoms with Crippen LogP contribution in [0.1, 0.15) is 21.5 Å². The average molecular weight is 268 g/mol. The summed E-state index contributed by atoms with van der Waals surface area (Å²) in [5, 5.41) is 0.835. The van der Waals surface area contributed by atoms with Gasteiger partial charge in [-0.15, -0.1) is 0 Å². The van der Waals surface area contributed by atoms with Crippen LogP contribution in [0, 0.1) is 12.7 Å². The van der Waals surface area contributed by atoms with Gasteiger partial charge in [-0.25, -0.2) is 9.37 Å². The number of aryl methyl sites for hydroxylation is 1. The Balaban J connectivity index is 2.09. The molecule has 1 aromatic carbocycles. The maximum absolute atomic E-state index is 13.1. The van der Waals surface area contributed by atoms with Crippen LogP contribution in [0.15, 0.2) is 42.7 Å². The Bertz CT molecular complexity index is 792. The van der Waals surface area contributed by atoms with E-state index in [0.717, 1.165) is 28.4 Å². The summed E-state index contributed by atoms with van der Waals surface area (Å²) >= 11 is 0. The largest absolute Gasteiger partial charge is 0.327 e. The highest BCUT2D eigenvalue weighted by atomic mass is 19.1. The molecule has 0 radical (unpaired) electrons. The zero-order valence-corrected chi connectivity index (χ0v) is 11.0. The van der Waals surface area contributed by atoms with Gasteiger partial charge in [0.2, 0.25) is 0 Å². The highest BCUT2D eigenvalue weighted by molar-refractivity contribution is 5.95. The van der Waals surface area contributed by atoms with E-state index in [4.69, 9.17) is 0 Å². The molecule has 0 N–H and O–H groups in total. The van der Waals surface area contributed by atoms with Crippen molar-refractivity contribution in [3.8, 4) is 0 Å². The second-order valence-electron chi connectivity index (χ2n) is 4.78. The molecule has 4 heteroatoms. The second-order valence-corrected chi connectivity index (χ2v) is 4.78. The van der Waals surface area contributed by atoms with E-state index in [0.29, 0.717) is 12.1 Å². The summed E-state index contributed by atoms with van der Waals surface area (Å²) in [4.78, 5) is 15.4. The fourth-order valence-electron chi connectivity index (χ4n) is 2.38. The van der Waals surface area contributed by atoms with Gasteiger partial charge in [0.25, 0.3) is 0 Å². The maximum atomic E-state index is 13.1. The number of fused-ring (bicyclic) bond motifs is 1. The van der Waals surface area contributed by atoms with Gasteiger partial charge in [-0.2, -0.15) is 0 Å². The van der Waals surface area contributed by atoms with Crippen LogP contribution >= 0.6 is 0 Å². The van der Waals surface area contributed by atoms with E-state index >= 15 is 0 Å².